The van der Waals surface area contributed by atoms with Gasteiger partial charge < -0.3 is 10.2 Å². The van der Waals surface area contributed by atoms with Gasteiger partial charge in [-0.2, -0.15) is 4.98 Å². The Bertz CT molecular complexity index is 613. The van der Waals surface area contributed by atoms with E-state index in [-0.39, 0.29) is 11.9 Å². The number of halogens is 1. The van der Waals surface area contributed by atoms with E-state index in [1.807, 2.05) is 17.0 Å². The smallest absolute Gasteiger partial charge is 0.225 e. The molecule has 0 aromatic carbocycles. The second-order valence-electron chi connectivity index (χ2n) is 5.66. The zero-order valence-corrected chi connectivity index (χ0v) is 12.7. The van der Waals surface area contributed by atoms with Gasteiger partial charge in [-0.15, -0.1) is 0 Å². The Balaban J connectivity index is 1.68. The molecule has 1 saturated heterocycles. The van der Waals surface area contributed by atoms with Crippen LogP contribution in [0.4, 0.5) is 16.2 Å². The van der Waals surface area contributed by atoms with Gasteiger partial charge in [0.25, 0.3) is 0 Å². The third kappa shape index (κ3) is 3.50. The summed E-state index contributed by atoms with van der Waals surface area (Å²) >= 11 is 0. The van der Waals surface area contributed by atoms with Crippen LogP contribution in [0.5, 0.6) is 0 Å². The van der Waals surface area contributed by atoms with Crippen molar-refractivity contribution in [2.24, 2.45) is 0 Å². The van der Waals surface area contributed by atoms with E-state index in [1.165, 1.54) is 11.8 Å². The maximum atomic E-state index is 13.9. The van der Waals surface area contributed by atoms with Gasteiger partial charge >= 0.3 is 0 Å². The number of nitrogens with one attached hydrogen (secondary N) is 1. The van der Waals surface area contributed by atoms with Crippen molar-refractivity contribution < 1.29 is 4.39 Å². The van der Waals surface area contributed by atoms with Crippen LogP contribution in [0.15, 0.2) is 30.7 Å². The van der Waals surface area contributed by atoms with Gasteiger partial charge in [0.1, 0.15) is 0 Å². The van der Waals surface area contributed by atoms with E-state index < -0.39 is 0 Å². The average Bonchev–Trinajstić information content (AvgIpc) is 3.04. The normalized spacial score (nSPS) is 15.8. The lowest BCUT2D eigenvalue weighted by Crippen LogP contribution is -2.24. The van der Waals surface area contributed by atoms with Crippen molar-refractivity contribution in [2.75, 3.05) is 23.3 Å². The maximum absolute atomic E-state index is 13.9. The minimum Gasteiger partial charge on any atom is -0.354 e. The molecule has 0 spiro atoms. The highest BCUT2D eigenvalue weighted by Gasteiger charge is 2.19. The molecule has 2 aromatic rings. The van der Waals surface area contributed by atoms with Crippen LogP contribution in [0.1, 0.15) is 25.3 Å². The quantitative estimate of drug-likeness (QED) is 0.920. The van der Waals surface area contributed by atoms with Crippen LogP contribution in [0.25, 0.3) is 0 Å². The minimum absolute atomic E-state index is 0.152. The lowest BCUT2D eigenvalue weighted by Gasteiger charge is -2.19. The second-order valence-corrected chi connectivity index (χ2v) is 5.66. The molecule has 0 aliphatic carbocycles. The monoisotopic (exact) mass is 301 g/mol. The van der Waals surface area contributed by atoms with Crippen molar-refractivity contribution in [3.63, 3.8) is 0 Å². The number of hydrogen-bond donors (Lipinski definition) is 1. The van der Waals surface area contributed by atoms with Crippen molar-refractivity contribution in [3.05, 3.63) is 42.1 Å². The van der Waals surface area contributed by atoms with E-state index in [0.29, 0.717) is 11.8 Å². The molecule has 3 rings (SSSR count). The third-order valence-electron chi connectivity index (χ3n) is 3.80. The van der Waals surface area contributed by atoms with Crippen molar-refractivity contribution in [3.8, 4) is 0 Å². The molecule has 5 nitrogen and oxygen atoms in total. The first kappa shape index (κ1) is 14.7. The Morgan fingerprint density at radius 2 is 2.00 bits per heavy atom. The Morgan fingerprint density at radius 3 is 2.73 bits per heavy atom. The van der Waals surface area contributed by atoms with E-state index in [2.05, 4.69) is 27.2 Å². The molecule has 0 bridgehead atoms. The molecule has 22 heavy (non-hydrogen) atoms. The molecule has 1 aliphatic heterocycles. The van der Waals surface area contributed by atoms with E-state index in [1.54, 1.807) is 12.4 Å². The molecule has 0 saturated carbocycles. The highest BCUT2D eigenvalue weighted by molar-refractivity contribution is 5.45. The Morgan fingerprint density at radius 1 is 1.27 bits per heavy atom. The topological polar surface area (TPSA) is 53.9 Å². The summed E-state index contributed by atoms with van der Waals surface area (Å²) in [4.78, 5) is 14.4. The van der Waals surface area contributed by atoms with E-state index >= 15 is 0 Å². The predicted octanol–water partition coefficient (Wildman–Crippen LogP) is 2.65. The summed E-state index contributed by atoms with van der Waals surface area (Å²) in [5.74, 6) is 0.533. The van der Waals surface area contributed by atoms with Gasteiger partial charge in [-0.1, -0.05) is 0 Å². The lowest BCUT2D eigenvalue weighted by atomic mass is 10.1. The summed E-state index contributed by atoms with van der Waals surface area (Å²) in [6.07, 6.45) is 7.82. The second kappa shape index (κ2) is 6.68. The Hall–Kier alpha value is -2.24. The molecule has 1 atom stereocenters. The van der Waals surface area contributed by atoms with Gasteiger partial charge in [-0.25, -0.2) is 9.37 Å². The zero-order chi connectivity index (χ0) is 15.4. The van der Waals surface area contributed by atoms with E-state index in [0.717, 1.165) is 32.4 Å². The van der Waals surface area contributed by atoms with Crippen LogP contribution in [0, 0.1) is 5.82 Å². The molecule has 0 amide bonds. The van der Waals surface area contributed by atoms with Crippen LogP contribution >= 0.6 is 0 Å². The van der Waals surface area contributed by atoms with Gasteiger partial charge in [0.05, 0.1) is 6.20 Å². The number of aromatic nitrogens is 3. The van der Waals surface area contributed by atoms with Crippen molar-refractivity contribution in [1.82, 2.24) is 15.0 Å². The first-order chi connectivity index (χ1) is 10.7. The standard InChI is InChI=1S/C16H20FN5/c1-12(10-13-4-6-18-7-5-13)20-16-19-11-14(17)15(21-16)22-8-2-3-9-22/h4-7,11-12H,2-3,8-10H2,1H3,(H,19,20,21). The average molecular weight is 301 g/mol. The maximum Gasteiger partial charge on any atom is 0.225 e. The van der Waals surface area contributed by atoms with E-state index in [4.69, 9.17) is 0 Å². The first-order valence-corrected chi connectivity index (χ1v) is 7.65. The zero-order valence-electron chi connectivity index (χ0n) is 12.7. The molecular formula is C16H20FN5. The van der Waals surface area contributed by atoms with Crippen molar-refractivity contribution in [1.29, 1.82) is 0 Å². The summed E-state index contributed by atoms with van der Waals surface area (Å²) in [6, 6.07) is 4.12. The van der Waals surface area contributed by atoms with Crippen LogP contribution in [-0.2, 0) is 6.42 Å². The fraction of sp³-hybridized carbons (Fsp3) is 0.438. The molecule has 116 valence electrons. The summed E-state index contributed by atoms with van der Waals surface area (Å²) in [6.45, 7) is 3.78. The summed E-state index contributed by atoms with van der Waals surface area (Å²) in [5.41, 5.74) is 1.19. The van der Waals surface area contributed by atoms with Crippen molar-refractivity contribution in [2.45, 2.75) is 32.2 Å². The van der Waals surface area contributed by atoms with Gasteiger partial charge in [0.15, 0.2) is 11.6 Å². The number of anilines is 2. The van der Waals surface area contributed by atoms with Crippen molar-refractivity contribution >= 4 is 11.8 Å². The minimum atomic E-state index is -0.353. The Labute approximate surface area is 129 Å². The molecule has 6 heteroatoms. The number of nitrogens with zero attached hydrogens (tertiary/aromatic N) is 4. The molecule has 1 N–H and O–H groups in total. The van der Waals surface area contributed by atoms with Gasteiger partial charge in [0, 0.05) is 31.5 Å². The lowest BCUT2D eigenvalue weighted by molar-refractivity contribution is 0.607. The highest BCUT2D eigenvalue weighted by atomic mass is 19.1. The fourth-order valence-corrected chi connectivity index (χ4v) is 2.72. The van der Waals surface area contributed by atoms with Gasteiger partial charge in [-0.3, -0.25) is 4.98 Å². The summed E-state index contributed by atoms with van der Waals surface area (Å²) < 4.78 is 13.9. The highest BCUT2D eigenvalue weighted by Crippen LogP contribution is 2.22. The van der Waals surface area contributed by atoms with Crippen LogP contribution < -0.4 is 10.2 Å². The van der Waals surface area contributed by atoms with Crippen LogP contribution in [0.3, 0.4) is 0 Å². The number of rotatable bonds is 5. The van der Waals surface area contributed by atoms with Gasteiger partial charge in [0.2, 0.25) is 5.95 Å². The number of pyridine rings is 1. The number of hydrogen-bond acceptors (Lipinski definition) is 5. The third-order valence-corrected chi connectivity index (χ3v) is 3.80. The molecule has 2 aromatic heterocycles. The largest absolute Gasteiger partial charge is 0.354 e. The molecule has 1 fully saturated rings. The summed E-state index contributed by atoms with van der Waals surface area (Å²) in [7, 11) is 0. The van der Waals surface area contributed by atoms with Crippen LogP contribution in [-0.4, -0.2) is 34.1 Å². The fourth-order valence-electron chi connectivity index (χ4n) is 2.72. The SMILES string of the molecule is CC(Cc1ccncc1)Nc1ncc(F)c(N2CCCC2)n1. The molecular weight excluding hydrogens is 281 g/mol. The Kier molecular flexibility index (Phi) is 4.46. The molecule has 1 aliphatic rings. The molecule has 3 heterocycles. The predicted molar refractivity (Wildman–Crippen MR) is 84.5 cm³/mol. The van der Waals surface area contributed by atoms with E-state index in [9.17, 15) is 4.39 Å². The van der Waals surface area contributed by atoms with Gasteiger partial charge in [-0.05, 0) is 43.9 Å². The van der Waals surface area contributed by atoms with Crippen LogP contribution in [0.2, 0.25) is 0 Å². The molecule has 0 radical (unpaired) electrons. The first-order valence-electron chi connectivity index (χ1n) is 7.65. The summed E-state index contributed by atoms with van der Waals surface area (Å²) in [5, 5.41) is 3.25. The molecule has 1 unspecified atom stereocenters.